The summed E-state index contributed by atoms with van der Waals surface area (Å²) in [5.41, 5.74) is 3.66. The first-order valence-corrected chi connectivity index (χ1v) is 19.7. The molecule has 10 nitrogen and oxygen atoms in total. The highest BCUT2D eigenvalue weighted by molar-refractivity contribution is 8.00. The Morgan fingerprint density at radius 2 is 1.70 bits per heavy atom. The van der Waals surface area contributed by atoms with Crippen LogP contribution < -0.4 is 9.47 Å². The van der Waals surface area contributed by atoms with E-state index >= 15 is 0 Å². The van der Waals surface area contributed by atoms with Gasteiger partial charge in [-0.25, -0.2) is 0 Å². The molecule has 0 radical (unpaired) electrons. The second kappa shape index (κ2) is 18.8. The van der Waals surface area contributed by atoms with Gasteiger partial charge in [0.1, 0.15) is 24.7 Å². The molecule has 0 bridgehead atoms. The maximum atomic E-state index is 11.2. The molecular weight excluding hydrogens is 705 g/mol. The molecule has 0 aromatic heterocycles. The number of aliphatic hydroxyl groups is 2. The van der Waals surface area contributed by atoms with Crippen LogP contribution in [-0.4, -0.2) is 58.3 Å². The summed E-state index contributed by atoms with van der Waals surface area (Å²) in [4.78, 5) is 18.0. The molecule has 0 spiro atoms. The fraction of sp³-hybridized carbons (Fsp3) is 0.419. The molecule has 1 aliphatic heterocycles. The second-order valence-electron chi connectivity index (χ2n) is 14.0. The van der Waals surface area contributed by atoms with E-state index in [1.165, 1.54) is 12.1 Å². The van der Waals surface area contributed by atoms with Crippen LogP contribution in [0.4, 0.5) is 5.69 Å². The third-order valence-corrected chi connectivity index (χ3v) is 11.9. The number of non-ortho nitro benzene ring substituents is 1. The van der Waals surface area contributed by atoms with Crippen LogP contribution in [0.5, 0.6) is 11.5 Å². The largest absolute Gasteiger partial charge is 0.490 e. The monoisotopic (exact) mass is 754 g/mol. The summed E-state index contributed by atoms with van der Waals surface area (Å²) in [6.45, 7) is 8.89. The van der Waals surface area contributed by atoms with Gasteiger partial charge in [-0.15, -0.1) is 18.3 Å². The summed E-state index contributed by atoms with van der Waals surface area (Å²) in [7, 11) is 0. The fourth-order valence-electron chi connectivity index (χ4n) is 8.23. The standard InChI is InChI=1S/C43H50N2O8S/c1-3-24-50-33-20-21-39-37(27-33)41-35(15-9-11-23-47)31(12-8-10-22-46)26-36-38(44-52-29-30-16-18-32(19-17-30)45(48)49)28-40(54-34-13-6-5-7-14-34)43(53-39,42(36)41)51-25-4-2/h3-7,13-14,16-21,26-27,31,35,40-42,46-47H,1-2,8-12,15,22-25,28-29H2/t31-,35+,40-,41+,42+,43+/m0/s1. The lowest BCUT2D eigenvalue weighted by Gasteiger charge is -2.58. The van der Waals surface area contributed by atoms with Crippen LogP contribution in [-0.2, 0) is 16.2 Å². The third-order valence-electron chi connectivity index (χ3n) is 10.6. The number of hydrogen-bond acceptors (Lipinski definition) is 10. The predicted molar refractivity (Wildman–Crippen MR) is 211 cm³/mol. The van der Waals surface area contributed by atoms with Crippen LogP contribution in [0.15, 0.2) is 120 Å². The van der Waals surface area contributed by atoms with Crippen molar-refractivity contribution in [1.82, 2.24) is 0 Å². The Balaban J connectivity index is 1.51. The molecule has 3 aromatic carbocycles. The Bertz CT molecular complexity index is 1800. The zero-order valence-electron chi connectivity index (χ0n) is 30.6. The Labute approximate surface area is 321 Å². The molecule has 1 fully saturated rings. The molecule has 0 unspecified atom stereocenters. The zero-order valence-corrected chi connectivity index (χ0v) is 31.4. The van der Waals surface area contributed by atoms with Gasteiger partial charge >= 0.3 is 0 Å². The number of rotatable bonds is 20. The fourth-order valence-corrected chi connectivity index (χ4v) is 9.54. The van der Waals surface area contributed by atoms with Gasteiger partial charge < -0.3 is 29.3 Å². The van der Waals surface area contributed by atoms with Gasteiger partial charge in [0.25, 0.3) is 5.69 Å². The molecule has 3 aromatic rings. The normalized spacial score (nSPS) is 24.7. The topological polar surface area (TPSA) is 133 Å². The van der Waals surface area contributed by atoms with Crippen molar-refractivity contribution in [2.75, 3.05) is 26.4 Å². The van der Waals surface area contributed by atoms with Crippen LogP contribution in [0.2, 0.25) is 0 Å². The van der Waals surface area contributed by atoms with E-state index in [9.17, 15) is 20.3 Å². The maximum Gasteiger partial charge on any atom is 0.269 e. The highest BCUT2D eigenvalue weighted by Gasteiger charge is 2.64. The smallest absolute Gasteiger partial charge is 0.269 e. The highest BCUT2D eigenvalue weighted by Crippen LogP contribution is 2.63. The maximum absolute atomic E-state index is 11.2. The number of ether oxygens (including phenoxy) is 3. The summed E-state index contributed by atoms with van der Waals surface area (Å²) in [5, 5.41) is 35.5. The molecular formula is C43H50N2O8S. The van der Waals surface area contributed by atoms with Gasteiger partial charge in [-0.3, -0.25) is 10.1 Å². The van der Waals surface area contributed by atoms with Crippen molar-refractivity contribution >= 4 is 23.2 Å². The number of unbranched alkanes of at least 4 members (excludes halogenated alkanes) is 2. The average molecular weight is 755 g/mol. The number of fused-ring (bicyclic) bond motifs is 2. The van der Waals surface area contributed by atoms with E-state index in [1.54, 1.807) is 36.0 Å². The summed E-state index contributed by atoms with van der Waals surface area (Å²) >= 11 is 1.70. The lowest BCUT2D eigenvalue weighted by Crippen LogP contribution is -2.64. The molecule has 11 heteroatoms. The number of nitrogens with zero attached hydrogens (tertiary/aromatic N) is 2. The Morgan fingerprint density at radius 1 is 0.963 bits per heavy atom. The lowest BCUT2D eigenvalue weighted by atomic mass is 9.56. The summed E-state index contributed by atoms with van der Waals surface area (Å²) in [5.74, 6) is 0.325. The lowest BCUT2D eigenvalue weighted by molar-refractivity contribution is -0.384. The average Bonchev–Trinajstić information content (AvgIpc) is 3.19. The molecule has 286 valence electrons. The van der Waals surface area contributed by atoms with Gasteiger partial charge in [0, 0.05) is 48.1 Å². The van der Waals surface area contributed by atoms with Crippen LogP contribution in [0.3, 0.4) is 0 Å². The number of allylic oxidation sites excluding steroid dienone is 1. The van der Waals surface area contributed by atoms with E-state index < -0.39 is 10.7 Å². The van der Waals surface area contributed by atoms with Gasteiger partial charge in [0.15, 0.2) is 0 Å². The molecule has 2 aliphatic carbocycles. The van der Waals surface area contributed by atoms with Gasteiger partial charge in [-0.05, 0) is 91.1 Å². The SMILES string of the molecule is C=CCOc1ccc2c(c1)[C@H]1[C@H](CCCCO)[C@@H](CCCCO)C=C3C(=NOCc4ccc([N+](=O)[O-])cc4)C[C@H](Sc4ccccc4)[C@@](OCC=C)(O2)[C@H]31. The quantitative estimate of drug-likeness (QED) is 0.0503. The molecule has 54 heavy (non-hydrogen) atoms. The molecule has 6 atom stereocenters. The van der Waals surface area contributed by atoms with Crippen molar-refractivity contribution < 1.29 is 34.2 Å². The minimum Gasteiger partial charge on any atom is -0.490 e. The first-order chi connectivity index (χ1) is 26.4. The summed E-state index contributed by atoms with van der Waals surface area (Å²) in [6.07, 6.45) is 11.2. The van der Waals surface area contributed by atoms with E-state index in [0.29, 0.717) is 25.9 Å². The number of benzene rings is 3. The number of hydrogen-bond donors (Lipinski definition) is 2. The van der Waals surface area contributed by atoms with Gasteiger partial charge in [-0.2, -0.15) is 0 Å². The number of thioether (sulfide) groups is 1. The third kappa shape index (κ3) is 8.76. The molecule has 0 amide bonds. The van der Waals surface area contributed by atoms with Crippen molar-refractivity contribution in [3.8, 4) is 11.5 Å². The van der Waals surface area contributed by atoms with Crippen LogP contribution >= 0.6 is 11.8 Å². The first-order valence-electron chi connectivity index (χ1n) is 18.8. The van der Waals surface area contributed by atoms with Crippen molar-refractivity contribution in [1.29, 1.82) is 0 Å². The van der Waals surface area contributed by atoms with Crippen molar-refractivity contribution in [2.24, 2.45) is 22.9 Å². The number of oxime groups is 1. The van der Waals surface area contributed by atoms with E-state index in [4.69, 9.17) is 24.2 Å². The van der Waals surface area contributed by atoms with Gasteiger partial charge in [0.2, 0.25) is 5.79 Å². The molecule has 2 N–H and O–H groups in total. The number of nitro benzene ring substituents is 1. The number of nitro groups is 1. The van der Waals surface area contributed by atoms with Crippen LogP contribution in [0.1, 0.15) is 62.0 Å². The minimum atomic E-state index is -1.11. The predicted octanol–water partition coefficient (Wildman–Crippen LogP) is 8.79. The zero-order chi connectivity index (χ0) is 37.9. The van der Waals surface area contributed by atoms with E-state index in [2.05, 4.69) is 37.4 Å². The Morgan fingerprint density at radius 3 is 2.41 bits per heavy atom. The van der Waals surface area contributed by atoms with Gasteiger partial charge in [0.05, 0.1) is 28.4 Å². The molecule has 3 aliphatic rings. The molecule has 1 saturated carbocycles. The second-order valence-corrected chi connectivity index (χ2v) is 15.2. The Hall–Kier alpha value is -4.42. The first kappa shape index (κ1) is 39.3. The number of aliphatic hydroxyl groups excluding tert-OH is 2. The van der Waals surface area contributed by atoms with Crippen LogP contribution in [0.25, 0.3) is 0 Å². The van der Waals surface area contributed by atoms with E-state index in [0.717, 1.165) is 64.5 Å². The van der Waals surface area contributed by atoms with Crippen molar-refractivity contribution in [3.05, 3.63) is 131 Å². The minimum absolute atomic E-state index is 0.0174. The molecule has 0 saturated heterocycles. The van der Waals surface area contributed by atoms with Crippen LogP contribution in [0, 0.1) is 27.9 Å². The highest BCUT2D eigenvalue weighted by atomic mass is 32.2. The van der Waals surface area contributed by atoms with E-state index in [1.807, 2.05) is 30.3 Å². The Kier molecular flexibility index (Phi) is 13.6. The van der Waals surface area contributed by atoms with Crippen molar-refractivity contribution in [2.45, 2.75) is 73.4 Å². The summed E-state index contributed by atoms with van der Waals surface area (Å²) < 4.78 is 20.3. The molecule has 6 rings (SSSR count). The summed E-state index contributed by atoms with van der Waals surface area (Å²) in [6, 6.07) is 22.6. The molecule has 1 heterocycles. The van der Waals surface area contributed by atoms with Crippen molar-refractivity contribution in [3.63, 3.8) is 0 Å². The van der Waals surface area contributed by atoms with Gasteiger partial charge in [-0.1, -0.05) is 61.0 Å². The van der Waals surface area contributed by atoms with E-state index in [-0.39, 0.29) is 61.0 Å².